The number of nitrogens with zero attached hydrogens (tertiary/aromatic N) is 2. The highest BCUT2D eigenvalue weighted by Gasteiger charge is 2.15. The summed E-state index contributed by atoms with van der Waals surface area (Å²) in [7, 11) is 0. The van der Waals surface area contributed by atoms with E-state index in [0.29, 0.717) is 0 Å². The average molecular weight is 250 g/mol. The van der Waals surface area contributed by atoms with Crippen molar-refractivity contribution in [1.82, 2.24) is 9.97 Å². The van der Waals surface area contributed by atoms with Crippen LogP contribution in [-0.2, 0) is 0 Å². The third kappa shape index (κ3) is 2.17. The minimum Gasteiger partial charge on any atom is -0.244 e. The van der Waals surface area contributed by atoms with E-state index in [-0.39, 0.29) is 11.3 Å². The van der Waals surface area contributed by atoms with Gasteiger partial charge in [0.15, 0.2) is 0 Å². The molecular weight excluding hydrogens is 239 g/mol. The van der Waals surface area contributed by atoms with E-state index < -0.39 is 0 Å². The SMILES string of the molecule is CC(Cl)C(C)c1ncncc1Br. The summed E-state index contributed by atoms with van der Waals surface area (Å²) in [5.41, 5.74) is 0.965. The van der Waals surface area contributed by atoms with E-state index in [1.54, 1.807) is 6.20 Å². The van der Waals surface area contributed by atoms with Crippen LogP contribution < -0.4 is 0 Å². The quantitative estimate of drug-likeness (QED) is 0.753. The van der Waals surface area contributed by atoms with Crippen LogP contribution in [0.3, 0.4) is 0 Å². The van der Waals surface area contributed by atoms with Crippen molar-refractivity contribution in [3.63, 3.8) is 0 Å². The Morgan fingerprint density at radius 2 is 2.17 bits per heavy atom. The number of hydrogen-bond acceptors (Lipinski definition) is 2. The van der Waals surface area contributed by atoms with E-state index in [2.05, 4.69) is 25.9 Å². The molecule has 1 aromatic rings. The van der Waals surface area contributed by atoms with Gasteiger partial charge in [0.1, 0.15) is 6.33 Å². The molecule has 0 spiro atoms. The van der Waals surface area contributed by atoms with Crippen molar-refractivity contribution in [2.45, 2.75) is 25.1 Å². The predicted octanol–water partition coefficient (Wildman–Crippen LogP) is 2.97. The number of rotatable bonds is 2. The molecule has 0 bridgehead atoms. The van der Waals surface area contributed by atoms with Gasteiger partial charge in [-0.15, -0.1) is 11.6 Å². The average Bonchev–Trinajstić information content (AvgIpc) is 2.04. The van der Waals surface area contributed by atoms with Crippen molar-refractivity contribution in [1.29, 1.82) is 0 Å². The molecule has 2 unspecified atom stereocenters. The standard InChI is InChI=1S/C8H10BrClN2/c1-5(6(2)10)8-7(9)3-11-4-12-8/h3-6H,1-2H3. The van der Waals surface area contributed by atoms with Crippen LogP contribution >= 0.6 is 27.5 Å². The first-order chi connectivity index (χ1) is 5.63. The summed E-state index contributed by atoms with van der Waals surface area (Å²) >= 11 is 9.33. The second-order valence-corrected chi connectivity index (χ2v) is 4.26. The summed E-state index contributed by atoms with van der Waals surface area (Å²) < 4.78 is 0.921. The monoisotopic (exact) mass is 248 g/mol. The van der Waals surface area contributed by atoms with Gasteiger partial charge in [0.05, 0.1) is 10.2 Å². The maximum atomic E-state index is 5.95. The molecule has 0 radical (unpaired) electrons. The molecule has 0 N–H and O–H groups in total. The Kier molecular flexibility index (Phi) is 3.47. The molecule has 1 heterocycles. The van der Waals surface area contributed by atoms with Crippen molar-refractivity contribution in [2.24, 2.45) is 0 Å². The summed E-state index contributed by atoms with van der Waals surface area (Å²) in [5, 5.41) is 0.0798. The smallest absolute Gasteiger partial charge is 0.115 e. The van der Waals surface area contributed by atoms with Crippen LogP contribution in [-0.4, -0.2) is 15.3 Å². The van der Waals surface area contributed by atoms with Crippen molar-refractivity contribution < 1.29 is 0 Å². The number of alkyl halides is 1. The van der Waals surface area contributed by atoms with Crippen LogP contribution in [0.5, 0.6) is 0 Å². The van der Waals surface area contributed by atoms with Crippen LogP contribution in [0.25, 0.3) is 0 Å². The molecule has 12 heavy (non-hydrogen) atoms. The molecule has 0 aromatic carbocycles. The Balaban J connectivity index is 2.94. The van der Waals surface area contributed by atoms with Crippen molar-refractivity contribution in [2.75, 3.05) is 0 Å². The first kappa shape index (κ1) is 9.93. The molecule has 0 aliphatic rings. The van der Waals surface area contributed by atoms with Gasteiger partial charge in [0.2, 0.25) is 0 Å². The third-order valence-corrected chi connectivity index (χ3v) is 2.81. The fraction of sp³-hybridized carbons (Fsp3) is 0.500. The number of halogens is 2. The summed E-state index contributed by atoms with van der Waals surface area (Å²) in [6, 6.07) is 0. The Hall–Kier alpha value is -0.150. The molecule has 2 nitrogen and oxygen atoms in total. The second-order valence-electron chi connectivity index (χ2n) is 2.72. The molecule has 2 atom stereocenters. The van der Waals surface area contributed by atoms with Crippen LogP contribution in [0, 0.1) is 0 Å². The minimum atomic E-state index is 0.0798. The van der Waals surface area contributed by atoms with E-state index >= 15 is 0 Å². The fourth-order valence-corrected chi connectivity index (χ4v) is 1.58. The zero-order valence-electron chi connectivity index (χ0n) is 6.96. The Morgan fingerprint density at radius 1 is 1.50 bits per heavy atom. The van der Waals surface area contributed by atoms with Crippen LogP contribution in [0.1, 0.15) is 25.5 Å². The lowest BCUT2D eigenvalue weighted by atomic mass is 10.1. The van der Waals surface area contributed by atoms with E-state index in [4.69, 9.17) is 11.6 Å². The van der Waals surface area contributed by atoms with Crippen LogP contribution in [0.2, 0.25) is 0 Å². The lowest BCUT2D eigenvalue weighted by molar-refractivity contribution is 0.707. The maximum absolute atomic E-state index is 5.95. The molecule has 0 fully saturated rings. The summed E-state index contributed by atoms with van der Waals surface area (Å²) in [5.74, 6) is 0.240. The van der Waals surface area contributed by atoms with Gasteiger partial charge in [-0.3, -0.25) is 0 Å². The van der Waals surface area contributed by atoms with Crippen molar-refractivity contribution >= 4 is 27.5 Å². The molecule has 0 amide bonds. The van der Waals surface area contributed by atoms with Gasteiger partial charge < -0.3 is 0 Å². The maximum Gasteiger partial charge on any atom is 0.115 e. The predicted molar refractivity (Wildman–Crippen MR) is 53.5 cm³/mol. The summed E-state index contributed by atoms with van der Waals surface area (Å²) in [6.45, 7) is 4.01. The molecular formula is C8H10BrClN2. The molecule has 4 heteroatoms. The Bertz CT molecular complexity index is 265. The van der Waals surface area contributed by atoms with Gasteiger partial charge in [-0.1, -0.05) is 6.92 Å². The molecule has 1 aromatic heterocycles. The van der Waals surface area contributed by atoms with Crippen molar-refractivity contribution in [3.05, 3.63) is 22.7 Å². The highest BCUT2D eigenvalue weighted by atomic mass is 79.9. The fourth-order valence-electron chi connectivity index (χ4n) is 0.875. The van der Waals surface area contributed by atoms with Crippen molar-refractivity contribution in [3.8, 4) is 0 Å². The molecule has 66 valence electrons. The molecule has 0 aliphatic carbocycles. The molecule has 0 saturated carbocycles. The summed E-state index contributed by atoms with van der Waals surface area (Å²) in [4.78, 5) is 8.04. The minimum absolute atomic E-state index is 0.0798. The lowest BCUT2D eigenvalue weighted by Gasteiger charge is -2.13. The highest BCUT2D eigenvalue weighted by Crippen LogP contribution is 2.26. The van der Waals surface area contributed by atoms with E-state index in [0.717, 1.165) is 10.2 Å². The Morgan fingerprint density at radius 3 is 2.67 bits per heavy atom. The van der Waals surface area contributed by atoms with Gasteiger partial charge in [-0.25, -0.2) is 9.97 Å². The van der Waals surface area contributed by atoms with Gasteiger partial charge in [-0.05, 0) is 22.9 Å². The van der Waals surface area contributed by atoms with Gasteiger partial charge in [0, 0.05) is 17.5 Å². The highest BCUT2D eigenvalue weighted by molar-refractivity contribution is 9.10. The zero-order valence-corrected chi connectivity index (χ0v) is 9.30. The Labute approximate surface area is 85.5 Å². The summed E-state index contributed by atoms with van der Waals surface area (Å²) in [6.07, 6.45) is 3.27. The second kappa shape index (κ2) is 4.19. The van der Waals surface area contributed by atoms with Gasteiger partial charge in [-0.2, -0.15) is 0 Å². The van der Waals surface area contributed by atoms with Gasteiger partial charge in [0.25, 0.3) is 0 Å². The van der Waals surface area contributed by atoms with Crippen LogP contribution in [0.4, 0.5) is 0 Å². The third-order valence-electron chi connectivity index (χ3n) is 1.82. The molecule has 1 rings (SSSR count). The molecule has 0 aliphatic heterocycles. The lowest BCUT2D eigenvalue weighted by Crippen LogP contribution is -2.07. The zero-order chi connectivity index (χ0) is 9.14. The van der Waals surface area contributed by atoms with E-state index in [1.807, 2.05) is 13.8 Å². The largest absolute Gasteiger partial charge is 0.244 e. The first-order valence-corrected chi connectivity index (χ1v) is 4.95. The number of aromatic nitrogens is 2. The number of hydrogen-bond donors (Lipinski definition) is 0. The molecule has 0 saturated heterocycles. The van der Waals surface area contributed by atoms with Crippen LogP contribution in [0.15, 0.2) is 17.0 Å². The van der Waals surface area contributed by atoms with E-state index in [9.17, 15) is 0 Å². The topological polar surface area (TPSA) is 25.8 Å². The normalized spacial score (nSPS) is 15.7. The first-order valence-electron chi connectivity index (χ1n) is 3.72. The van der Waals surface area contributed by atoms with E-state index in [1.165, 1.54) is 6.33 Å². The van der Waals surface area contributed by atoms with Gasteiger partial charge >= 0.3 is 0 Å².